The molecule has 1 aliphatic rings. The number of amides is 1. The van der Waals surface area contributed by atoms with E-state index in [0.717, 1.165) is 0 Å². The summed E-state index contributed by atoms with van der Waals surface area (Å²) in [7, 11) is -3.27. The SMILES string of the molecule is CCCN(CC(=O)O)C(=O)c1ccc(N2CCCS2(=O)=O)cc1C. The Bertz CT molecular complexity index is 745. The molecule has 0 bridgehead atoms. The van der Waals surface area contributed by atoms with Crippen LogP contribution in [0.3, 0.4) is 0 Å². The maximum absolute atomic E-state index is 12.6. The number of anilines is 1. The summed E-state index contributed by atoms with van der Waals surface area (Å²) in [5, 5.41) is 8.95. The molecule has 0 aromatic heterocycles. The molecular formula is C16H22N2O5S. The molecule has 1 aliphatic heterocycles. The highest BCUT2D eigenvalue weighted by molar-refractivity contribution is 7.93. The van der Waals surface area contributed by atoms with E-state index in [0.29, 0.717) is 42.7 Å². The Balaban J connectivity index is 2.28. The number of carboxylic acid groups (broad SMARTS) is 1. The van der Waals surface area contributed by atoms with Gasteiger partial charge in [0.15, 0.2) is 0 Å². The lowest BCUT2D eigenvalue weighted by Gasteiger charge is -2.22. The van der Waals surface area contributed by atoms with Gasteiger partial charge in [0.25, 0.3) is 5.91 Å². The third kappa shape index (κ3) is 3.87. The molecule has 1 fully saturated rings. The molecule has 1 heterocycles. The van der Waals surface area contributed by atoms with Crippen molar-refractivity contribution in [3.63, 3.8) is 0 Å². The minimum absolute atomic E-state index is 0.135. The monoisotopic (exact) mass is 354 g/mol. The minimum Gasteiger partial charge on any atom is -0.480 e. The Labute approximate surface area is 141 Å². The molecule has 0 atom stereocenters. The van der Waals surface area contributed by atoms with E-state index in [1.807, 2.05) is 6.92 Å². The number of carboxylic acids is 1. The maximum Gasteiger partial charge on any atom is 0.323 e. The Morgan fingerprint density at radius 1 is 1.33 bits per heavy atom. The number of rotatable bonds is 6. The van der Waals surface area contributed by atoms with Crippen molar-refractivity contribution in [1.82, 2.24) is 4.90 Å². The van der Waals surface area contributed by atoms with E-state index < -0.39 is 16.0 Å². The summed E-state index contributed by atoms with van der Waals surface area (Å²) >= 11 is 0. The zero-order valence-electron chi connectivity index (χ0n) is 13.9. The van der Waals surface area contributed by atoms with Crippen LogP contribution in [0.2, 0.25) is 0 Å². The average Bonchev–Trinajstić information content (AvgIpc) is 2.85. The molecule has 0 spiro atoms. The van der Waals surface area contributed by atoms with Gasteiger partial charge in [-0.3, -0.25) is 13.9 Å². The van der Waals surface area contributed by atoms with E-state index in [1.54, 1.807) is 25.1 Å². The van der Waals surface area contributed by atoms with Gasteiger partial charge in [0.05, 0.1) is 11.4 Å². The van der Waals surface area contributed by atoms with Crippen molar-refractivity contribution in [3.05, 3.63) is 29.3 Å². The Hall–Kier alpha value is -2.09. The van der Waals surface area contributed by atoms with Crippen LogP contribution in [0.5, 0.6) is 0 Å². The lowest BCUT2D eigenvalue weighted by atomic mass is 10.1. The van der Waals surface area contributed by atoms with Crippen molar-refractivity contribution in [1.29, 1.82) is 0 Å². The van der Waals surface area contributed by atoms with Gasteiger partial charge < -0.3 is 10.0 Å². The van der Waals surface area contributed by atoms with Crippen LogP contribution >= 0.6 is 0 Å². The molecule has 1 amide bonds. The van der Waals surface area contributed by atoms with Crippen LogP contribution in [-0.4, -0.2) is 55.7 Å². The van der Waals surface area contributed by atoms with Gasteiger partial charge in [0, 0.05) is 18.7 Å². The Morgan fingerprint density at radius 3 is 2.54 bits per heavy atom. The minimum atomic E-state index is -3.27. The lowest BCUT2D eigenvalue weighted by molar-refractivity contribution is -0.137. The van der Waals surface area contributed by atoms with Crippen LogP contribution in [0.4, 0.5) is 5.69 Å². The summed E-state index contributed by atoms with van der Waals surface area (Å²) in [6, 6.07) is 4.85. The van der Waals surface area contributed by atoms with Gasteiger partial charge in [-0.2, -0.15) is 0 Å². The molecule has 7 nitrogen and oxygen atoms in total. The first-order valence-electron chi connectivity index (χ1n) is 7.88. The fourth-order valence-electron chi connectivity index (χ4n) is 2.83. The van der Waals surface area contributed by atoms with Crippen molar-refractivity contribution >= 4 is 27.6 Å². The summed E-state index contributed by atoms with van der Waals surface area (Å²) in [6.45, 7) is 4.04. The van der Waals surface area contributed by atoms with Crippen LogP contribution in [-0.2, 0) is 14.8 Å². The number of hydrogen-bond donors (Lipinski definition) is 1. The van der Waals surface area contributed by atoms with E-state index in [4.69, 9.17) is 5.11 Å². The molecule has 0 unspecified atom stereocenters. The standard InChI is InChI=1S/C16H22N2O5S/c1-3-7-17(11-15(19)20)16(21)14-6-5-13(10-12(14)2)18-8-4-9-24(18,22)23/h5-6,10H,3-4,7-9,11H2,1-2H3,(H,19,20). The second-order valence-corrected chi connectivity index (χ2v) is 7.87. The van der Waals surface area contributed by atoms with Crippen LogP contribution in [0.1, 0.15) is 35.7 Å². The number of benzene rings is 1. The number of sulfonamides is 1. The molecule has 0 aliphatic carbocycles. The smallest absolute Gasteiger partial charge is 0.323 e. The van der Waals surface area contributed by atoms with Crippen molar-refractivity contribution in [3.8, 4) is 0 Å². The number of carbonyl (C=O) groups excluding carboxylic acids is 1. The molecule has 24 heavy (non-hydrogen) atoms. The van der Waals surface area contributed by atoms with Crippen molar-refractivity contribution in [2.75, 3.05) is 29.7 Å². The second-order valence-electron chi connectivity index (χ2n) is 5.86. The van der Waals surface area contributed by atoms with Gasteiger partial charge in [-0.15, -0.1) is 0 Å². The fourth-order valence-corrected chi connectivity index (χ4v) is 4.38. The predicted molar refractivity (Wildman–Crippen MR) is 90.8 cm³/mol. The van der Waals surface area contributed by atoms with Crippen molar-refractivity contribution < 1.29 is 23.1 Å². The third-order valence-corrected chi connectivity index (χ3v) is 5.80. The predicted octanol–water partition coefficient (Wildman–Crippen LogP) is 1.47. The maximum atomic E-state index is 12.6. The zero-order valence-corrected chi connectivity index (χ0v) is 14.7. The number of aryl methyl sites for hydroxylation is 1. The van der Waals surface area contributed by atoms with Gasteiger partial charge >= 0.3 is 5.97 Å². The van der Waals surface area contributed by atoms with Gasteiger partial charge in [-0.05, 0) is 43.5 Å². The Kier molecular flexibility index (Phi) is 5.48. The van der Waals surface area contributed by atoms with Crippen LogP contribution < -0.4 is 4.31 Å². The molecule has 1 aromatic rings. The third-order valence-electron chi connectivity index (χ3n) is 3.93. The molecule has 1 aromatic carbocycles. The number of nitrogens with zero attached hydrogens (tertiary/aromatic N) is 2. The topological polar surface area (TPSA) is 95.0 Å². The number of carbonyl (C=O) groups is 2. The quantitative estimate of drug-likeness (QED) is 0.835. The molecule has 0 saturated carbocycles. The zero-order chi connectivity index (χ0) is 17.9. The summed E-state index contributed by atoms with van der Waals surface area (Å²) in [6.07, 6.45) is 1.24. The van der Waals surface area contributed by atoms with Crippen molar-refractivity contribution in [2.24, 2.45) is 0 Å². The largest absolute Gasteiger partial charge is 0.480 e. The van der Waals surface area contributed by atoms with Gasteiger partial charge in [0.2, 0.25) is 10.0 Å². The normalized spacial score (nSPS) is 16.2. The summed E-state index contributed by atoms with van der Waals surface area (Å²) in [5.74, 6) is -1.28. The number of aliphatic carboxylic acids is 1. The Morgan fingerprint density at radius 2 is 2.04 bits per heavy atom. The van der Waals surface area contributed by atoms with Crippen LogP contribution in [0.25, 0.3) is 0 Å². The summed E-state index contributed by atoms with van der Waals surface area (Å²) in [4.78, 5) is 24.8. The highest BCUT2D eigenvalue weighted by Gasteiger charge is 2.29. The van der Waals surface area contributed by atoms with Gasteiger partial charge in [-0.1, -0.05) is 6.92 Å². The van der Waals surface area contributed by atoms with E-state index in [-0.39, 0.29) is 18.2 Å². The van der Waals surface area contributed by atoms with E-state index >= 15 is 0 Å². The molecule has 2 rings (SSSR count). The molecular weight excluding hydrogens is 332 g/mol. The first-order chi connectivity index (χ1) is 11.3. The summed E-state index contributed by atoms with van der Waals surface area (Å²) < 4.78 is 25.3. The van der Waals surface area contributed by atoms with Crippen LogP contribution in [0.15, 0.2) is 18.2 Å². The van der Waals surface area contributed by atoms with Gasteiger partial charge in [-0.25, -0.2) is 8.42 Å². The van der Waals surface area contributed by atoms with Crippen molar-refractivity contribution in [2.45, 2.75) is 26.7 Å². The molecule has 1 saturated heterocycles. The number of hydrogen-bond acceptors (Lipinski definition) is 4. The van der Waals surface area contributed by atoms with E-state index in [9.17, 15) is 18.0 Å². The van der Waals surface area contributed by atoms with E-state index in [2.05, 4.69) is 0 Å². The lowest BCUT2D eigenvalue weighted by Crippen LogP contribution is -2.36. The fraction of sp³-hybridized carbons (Fsp3) is 0.500. The molecule has 132 valence electrons. The summed E-state index contributed by atoms with van der Waals surface area (Å²) in [5.41, 5.74) is 1.57. The molecule has 1 N–H and O–H groups in total. The first-order valence-corrected chi connectivity index (χ1v) is 9.49. The van der Waals surface area contributed by atoms with E-state index in [1.165, 1.54) is 9.21 Å². The van der Waals surface area contributed by atoms with Crippen LogP contribution in [0, 0.1) is 6.92 Å². The second kappa shape index (κ2) is 7.21. The van der Waals surface area contributed by atoms with Gasteiger partial charge in [0.1, 0.15) is 6.54 Å². The molecule has 8 heteroatoms. The highest BCUT2D eigenvalue weighted by atomic mass is 32.2. The average molecular weight is 354 g/mol. The molecule has 0 radical (unpaired) electrons. The highest BCUT2D eigenvalue weighted by Crippen LogP contribution is 2.26. The first kappa shape index (κ1) is 18.3.